The minimum atomic E-state index is -1.07. The first-order valence-corrected chi connectivity index (χ1v) is 10.5. The highest BCUT2D eigenvalue weighted by molar-refractivity contribution is 9.10. The lowest BCUT2D eigenvalue weighted by molar-refractivity contribution is 0.0690. The number of anilines is 1. The topological polar surface area (TPSA) is 71.4 Å². The Labute approximate surface area is 188 Å². The second-order valence-corrected chi connectivity index (χ2v) is 7.94. The summed E-state index contributed by atoms with van der Waals surface area (Å²) < 4.78 is 11.7. The highest BCUT2D eigenvalue weighted by Crippen LogP contribution is 2.43. The number of carboxylic acid groups (broad SMARTS) is 1. The van der Waals surface area contributed by atoms with E-state index in [2.05, 4.69) is 15.9 Å². The Bertz CT molecular complexity index is 1130. The van der Waals surface area contributed by atoms with Crippen LogP contribution >= 0.6 is 15.9 Å². The number of hydrogen-bond donors (Lipinski definition) is 1. The van der Waals surface area contributed by atoms with Crippen molar-refractivity contribution in [2.24, 2.45) is 5.10 Å². The molecule has 0 radical (unpaired) electrons. The standard InChI is InChI=1S/C24H21BrN2O4/c1-30-21-13-12-18(22(24(28)29)23(21)31-2)20-14-19(15-8-10-16(25)11-9-15)26-27(20)17-6-4-3-5-7-17/h3-13,20H,14H2,1-2H3,(H,28,29). The van der Waals surface area contributed by atoms with Crippen LogP contribution < -0.4 is 14.5 Å². The second kappa shape index (κ2) is 8.81. The Kier molecular flexibility index (Phi) is 5.95. The van der Waals surface area contributed by atoms with Crippen molar-refractivity contribution in [3.63, 3.8) is 0 Å². The van der Waals surface area contributed by atoms with Gasteiger partial charge in [0.15, 0.2) is 11.5 Å². The Balaban J connectivity index is 1.85. The summed E-state index contributed by atoms with van der Waals surface area (Å²) in [4.78, 5) is 12.3. The molecule has 3 aromatic rings. The predicted molar refractivity (Wildman–Crippen MR) is 123 cm³/mol. The third kappa shape index (κ3) is 4.01. The number of carboxylic acids is 1. The van der Waals surface area contributed by atoms with Crippen molar-refractivity contribution in [1.82, 2.24) is 0 Å². The molecule has 0 aromatic heterocycles. The SMILES string of the molecule is COc1ccc(C2CC(c3ccc(Br)cc3)=NN2c2ccccc2)c(C(=O)O)c1OC. The van der Waals surface area contributed by atoms with E-state index in [0.717, 1.165) is 21.4 Å². The van der Waals surface area contributed by atoms with Crippen molar-refractivity contribution in [1.29, 1.82) is 0 Å². The zero-order valence-electron chi connectivity index (χ0n) is 17.1. The fourth-order valence-corrected chi connectivity index (χ4v) is 4.09. The third-order valence-corrected chi connectivity index (χ3v) is 5.79. The van der Waals surface area contributed by atoms with Crippen LogP contribution in [-0.4, -0.2) is 31.0 Å². The first kappa shape index (κ1) is 20.9. The van der Waals surface area contributed by atoms with Crippen molar-refractivity contribution in [2.45, 2.75) is 12.5 Å². The van der Waals surface area contributed by atoms with E-state index in [4.69, 9.17) is 14.6 Å². The van der Waals surface area contributed by atoms with E-state index in [1.165, 1.54) is 14.2 Å². The molecule has 1 aliphatic heterocycles. The Morgan fingerprint density at radius 3 is 2.35 bits per heavy atom. The van der Waals surface area contributed by atoms with Gasteiger partial charge in [0.25, 0.3) is 0 Å². The van der Waals surface area contributed by atoms with Crippen LogP contribution in [0.1, 0.15) is 33.9 Å². The van der Waals surface area contributed by atoms with Gasteiger partial charge in [0.2, 0.25) is 0 Å². The molecule has 1 unspecified atom stereocenters. The molecule has 0 bridgehead atoms. The van der Waals surface area contributed by atoms with Gasteiger partial charge in [0, 0.05) is 10.9 Å². The highest BCUT2D eigenvalue weighted by Gasteiger charge is 2.35. The summed E-state index contributed by atoms with van der Waals surface area (Å²) in [6.45, 7) is 0. The number of nitrogens with zero attached hydrogens (tertiary/aromatic N) is 2. The molecule has 7 heteroatoms. The van der Waals surface area contributed by atoms with E-state index in [9.17, 15) is 9.90 Å². The molecule has 1 N–H and O–H groups in total. The molecule has 1 atom stereocenters. The molecule has 158 valence electrons. The van der Waals surface area contributed by atoms with Gasteiger partial charge in [0.1, 0.15) is 5.56 Å². The van der Waals surface area contributed by atoms with Gasteiger partial charge in [-0.05, 0) is 41.5 Å². The van der Waals surface area contributed by atoms with Crippen LogP contribution in [0.15, 0.2) is 76.3 Å². The van der Waals surface area contributed by atoms with Crippen LogP contribution in [0.2, 0.25) is 0 Å². The molecule has 0 amide bonds. The van der Waals surface area contributed by atoms with E-state index >= 15 is 0 Å². The first-order chi connectivity index (χ1) is 15.0. The van der Waals surface area contributed by atoms with Gasteiger partial charge in [-0.2, -0.15) is 5.10 Å². The van der Waals surface area contributed by atoms with E-state index in [-0.39, 0.29) is 17.4 Å². The van der Waals surface area contributed by atoms with Gasteiger partial charge in [0.05, 0.1) is 31.7 Å². The minimum absolute atomic E-state index is 0.0834. The lowest BCUT2D eigenvalue weighted by Gasteiger charge is -2.26. The average Bonchev–Trinajstić information content (AvgIpc) is 3.24. The number of carbonyl (C=O) groups is 1. The van der Waals surface area contributed by atoms with Crippen molar-refractivity contribution < 1.29 is 19.4 Å². The normalized spacial score (nSPS) is 15.5. The second-order valence-electron chi connectivity index (χ2n) is 7.02. The number of halogens is 1. The monoisotopic (exact) mass is 480 g/mol. The molecule has 0 aliphatic carbocycles. The Hall–Kier alpha value is -3.32. The highest BCUT2D eigenvalue weighted by atomic mass is 79.9. The van der Waals surface area contributed by atoms with Crippen LogP contribution in [0.25, 0.3) is 0 Å². The molecule has 0 fully saturated rings. The van der Waals surface area contributed by atoms with E-state index in [1.807, 2.05) is 59.6 Å². The summed E-state index contributed by atoms with van der Waals surface area (Å²) in [5.74, 6) is -0.490. The molecule has 0 saturated carbocycles. The zero-order chi connectivity index (χ0) is 22.0. The van der Waals surface area contributed by atoms with E-state index in [1.54, 1.807) is 12.1 Å². The molecule has 6 nitrogen and oxygen atoms in total. The lowest BCUT2D eigenvalue weighted by Crippen LogP contribution is -2.21. The van der Waals surface area contributed by atoms with Gasteiger partial charge in [-0.15, -0.1) is 0 Å². The van der Waals surface area contributed by atoms with E-state index < -0.39 is 5.97 Å². The maximum atomic E-state index is 12.3. The molecular formula is C24H21BrN2O4. The Morgan fingerprint density at radius 1 is 1.03 bits per heavy atom. The fourth-order valence-electron chi connectivity index (χ4n) is 3.83. The number of aromatic carboxylic acids is 1. The molecule has 1 aliphatic rings. The molecule has 1 heterocycles. The number of ether oxygens (including phenoxy) is 2. The summed E-state index contributed by atoms with van der Waals surface area (Å²) in [6, 6.07) is 20.9. The Morgan fingerprint density at radius 2 is 1.74 bits per heavy atom. The van der Waals surface area contributed by atoms with Crippen molar-refractivity contribution in [2.75, 3.05) is 19.2 Å². The quantitative estimate of drug-likeness (QED) is 0.502. The van der Waals surface area contributed by atoms with Gasteiger partial charge < -0.3 is 14.6 Å². The number of benzene rings is 3. The molecule has 0 saturated heterocycles. The summed E-state index contributed by atoms with van der Waals surface area (Å²) in [5.41, 5.74) is 3.45. The van der Waals surface area contributed by atoms with E-state index in [0.29, 0.717) is 17.7 Å². The summed E-state index contributed by atoms with van der Waals surface area (Å²) in [6.07, 6.45) is 0.548. The molecule has 0 spiro atoms. The van der Waals surface area contributed by atoms with Crippen LogP contribution in [0, 0.1) is 0 Å². The van der Waals surface area contributed by atoms with Crippen LogP contribution in [0.5, 0.6) is 11.5 Å². The fraction of sp³-hybridized carbons (Fsp3) is 0.167. The van der Waals surface area contributed by atoms with Gasteiger partial charge in [-0.25, -0.2) is 4.79 Å². The maximum Gasteiger partial charge on any atom is 0.339 e. The number of para-hydroxylation sites is 1. The smallest absolute Gasteiger partial charge is 0.339 e. The molecule has 3 aromatic carbocycles. The van der Waals surface area contributed by atoms with Crippen molar-refractivity contribution in [3.05, 3.63) is 87.9 Å². The van der Waals surface area contributed by atoms with Crippen molar-refractivity contribution in [3.8, 4) is 11.5 Å². The number of methoxy groups -OCH3 is 2. The van der Waals surface area contributed by atoms with Crippen molar-refractivity contribution >= 4 is 33.3 Å². The predicted octanol–water partition coefficient (Wildman–Crippen LogP) is 5.52. The van der Waals surface area contributed by atoms with Crippen LogP contribution in [0.4, 0.5) is 5.69 Å². The summed E-state index contributed by atoms with van der Waals surface area (Å²) >= 11 is 3.46. The first-order valence-electron chi connectivity index (χ1n) is 9.69. The average molecular weight is 481 g/mol. The largest absolute Gasteiger partial charge is 0.493 e. The van der Waals surface area contributed by atoms with Gasteiger partial charge in [-0.3, -0.25) is 5.01 Å². The zero-order valence-corrected chi connectivity index (χ0v) is 18.7. The van der Waals surface area contributed by atoms with Crippen LogP contribution in [-0.2, 0) is 0 Å². The molecule has 4 rings (SSSR count). The maximum absolute atomic E-state index is 12.3. The number of hydrazone groups is 1. The minimum Gasteiger partial charge on any atom is -0.493 e. The molecule has 31 heavy (non-hydrogen) atoms. The van der Waals surface area contributed by atoms with Crippen LogP contribution in [0.3, 0.4) is 0 Å². The molecular weight excluding hydrogens is 460 g/mol. The summed E-state index contributed by atoms with van der Waals surface area (Å²) in [5, 5.41) is 16.8. The summed E-state index contributed by atoms with van der Waals surface area (Å²) in [7, 11) is 2.94. The van der Waals surface area contributed by atoms with Gasteiger partial charge >= 0.3 is 5.97 Å². The lowest BCUT2D eigenvalue weighted by atomic mass is 9.93. The van der Waals surface area contributed by atoms with Gasteiger partial charge in [-0.1, -0.05) is 52.3 Å². The third-order valence-electron chi connectivity index (χ3n) is 5.26. The number of hydrogen-bond acceptors (Lipinski definition) is 5. The number of rotatable bonds is 6.